The maximum absolute atomic E-state index is 11.7. The number of nitrogens with two attached hydrogens (primary N) is 1. The summed E-state index contributed by atoms with van der Waals surface area (Å²) in [6.45, 7) is 3.13. The molecule has 0 heterocycles. The smallest absolute Gasteiger partial charge is 0.214 e. The molecule has 1 aromatic carbocycles. The molecule has 1 aromatic rings. The number of ether oxygens (including phenoxy) is 1. The highest BCUT2D eigenvalue weighted by atomic mass is 32.2. The van der Waals surface area contributed by atoms with Gasteiger partial charge in [0.05, 0.1) is 18.9 Å². The van der Waals surface area contributed by atoms with Crippen molar-refractivity contribution in [3.8, 4) is 11.8 Å². The van der Waals surface area contributed by atoms with E-state index >= 15 is 0 Å². The second-order valence-corrected chi connectivity index (χ2v) is 5.97. The van der Waals surface area contributed by atoms with Gasteiger partial charge in [-0.3, -0.25) is 0 Å². The van der Waals surface area contributed by atoms with Crippen LogP contribution < -0.4 is 10.5 Å². The zero-order chi connectivity index (χ0) is 14.8. The van der Waals surface area contributed by atoms with Gasteiger partial charge < -0.3 is 10.5 Å². The van der Waals surface area contributed by atoms with Crippen molar-refractivity contribution in [3.05, 3.63) is 35.4 Å². The van der Waals surface area contributed by atoms with Crippen LogP contribution in [0.3, 0.4) is 0 Å². The Bertz CT molecular complexity index is 556. The number of nitrogens with one attached hydrogen (secondary N) is 1. The second-order valence-electron chi connectivity index (χ2n) is 4.04. The van der Waals surface area contributed by atoms with E-state index in [1.54, 1.807) is 0 Å². The van der Waals surface area contributed by atoms with E-state index < -0.39 is 10.0 Å². The Balaban J connectivity index is 2.49. The van der Waals surface area contributed by atoms with Crippen LogP contribution in [0.15, 0.2) is 24.3 Å². The lowest BCUT2D eigenvalue weighted by molar-refractivity contribution is 0.163. The lowest BCUT2D eigenvalue weighted by Gasteiger charge is -2.07. The summed E-state index contributed by atoms with van der Waals surface area (Å²) in [5, 5.41) is 0. The van der Waals surface area contributed by atoms with Crippen molar-refractivity contribution in [3.63, 3.8) is 0 Å². The van der Waals surface area contributed by atoms with Crippen molar-refractivity contribution in [1.29, 1.82) is 0 Å². The highest BCUT2D eigenvalue weighted by molar-refractivity contribution is 7.89. The number of rotatable bonds is 7. The van der Waals surface area contributed by atoms with Gasteiger partial charge in [-0.25, -0.2) is 13.1 Å². The first kappa shape index (κ1) is 16.7. The third-order valence-electron chi connectivity index (χ3n) is 2.49. The third-order valence-corrected chi connectivity index (χ3v) is 3.77. The molecule has 0 aliphatic heterocycles. The van der Waals surface area contributed by atoms with Gasteiger partial charge in [0.15, 0.2) is 0 Å². The first-order valence-electron chi connectivity index (χ1n) is 6.40. The molecule has 0 bridgehead atoms. The molecule has 0 saturated carbocycles. The molecule has 0 aliphatic rings. The molecule has 6 heteroatoms. The molecule has 0 atom stereocenters. The standard InChI is InChI=1S/C14H20N2O3S/c1-2-19-10-11-20(17,18)16-12-14-7-5-13(6-8-14)4-3-9-15/h5-8,16H,2,9-12,15H2,1H3. The van der Waals surface area contributed by atoms with Crippen molar-refractivity contribution >= 4 is 10.0 Å². The van der Waals surface area contributed by atoms with E-state index in [1.807, 2.05) is 31.2 Å². The van der Waals surface area contributed by atoms with Gasteiger partial charge >= 0.3 is 0 Å². The quantitative estimate of drug-likeness (QED) is 0.565. The fraction of sp³-hybridized carbons (Fsp3) is 0.429. The third kappa shape index (κ3) is 6.68. The van der Waals surface area contributed by atoms with Crippen LogP contribution in [-0.2, 0) is 21.3 Å². The van der Waals surface area contributed by atoms with E-state index in [0.29, 0.717) is 13.2 Å². The average molecular weight is 296 g/mol. The maximum Gasteiger partial charge on any atom is 0.214 e. The van der Waals surface area contributed by atoms with Crippen molar-refractivity contribution in [2.45, 2.75) is 13.5 Å². The van der Waals surface area contributed by atoms with Gasteiger partial charge in [-0.1, -0.05) is 24.0 Å². The Kier molecular flexibility index (Phi) is 7.26. The lowest BCUT2D eigenvalue weighted by Crippen LogP contribution is -2.28. The minimum Gasteiger partial charge on any atom is -0.381 e. The largest absolute Gasteiger partial charge is 0.381 e. The SMILES string of the molecule is CCOCCS(=O)(=O)NCc1ccc(C#CCN)cc1. The normalized spacial score (nSPS) is 10.9. The van der Waals surface area contributed by atoms with Crippen LogP contribution in [0.4, 0.5) is 0 Å². The van der Waals surface area contributed by atoms with Crippen molar-refractivity contribution < 1.29 is 13.2 Å². The average Bonchev–Trinajstić information content (AvgIpc) is 2.44. The molecule has 0 aromatic heterocycles. The zero-order valence-corrected chi connectivity index (χ0v) is 12.4. The van der Waals surface area contributed by atoms with Gasteiger partial charge in [-0.2, -0.15) is 0 Å². The van der Waals surface area contributed by atoms with E-state index in [1.165, 1.54) is 0 Å². The first-order valence-corrected chi connectivity index (χ1v) is 8.05. The number of hydrogen-bond donors (Lipinski definition) is 2. The predicted octanol–water partition coefficient (Wildman–Crippen LogP) is 0.453. The summed E-state index contributed by atoms with van der Waals surface area (Å²) >= 11 is 0. The van der Waals surface area contributed by atoms with Crippen molar-refractivity contribution in [1.82, 2.24) is 4.72 Å². The lowest BCUT2D eigenvalue weighted by atomic mass is 10.1. The van der Waals surface area contributed by atoms with Crippen LogP contribution in [0.25, 0.3) is 0 Å². The Morgan fingerprint density at radius 2 is 2.00 bits per heavy atom. The minimum atomic E-state index is -3.30. The monoisotopic (exact) mass is 296 g/mol. The summed E-state index contributed by atoms with van der Waals surface area (Å²) in [6, 6.07) is 7.36. The molecule has 1 rings (SSSR count). The van der Waals surface area contributed by atoms with E-state index in [-0.39, 0.29) is 18.9 Å². The summed E-state index contributed by atoms with van der Waals surface area (Å²) in [5.74, 6) is 5.64. The van der Waals surface area contributed by atoms with E-state index in [4.69, 9.17) is 10.5 Å². The highest BCUT2D eigenvalue weighted by Crippen LogP contribution is 2.03. The molecule has 3 N–H and O–H groups in total. The minimum absolute atomic E-state index is 0.0269. The molecule has 0 fully saturated rings. The summed E-state index contributed by atoms with van der Waals surface area (Å²) in [6.07, 6.45) is 0. The Morgan fingerprint density at radius 3 is 2.60 bits per heavy atom. The van der Waals surface area contributed by atoms with Gasteiger partial charge in [0.2, 0.25) is 10.0 Å². The molecular formula is C14H20N2O3S. The molecule has 0 unspecified atom stereocenters. The molecule has 0 spiro atoms. The van der Waals surface area contributed by atoms with Crippen LogP contribution >= 0.6 is 0 Å². The topological polar surface area (TPSA) is 81.4 Å². The van der Waals surface area contributed by atoms with Gasteiger partial charge in [0.1, 0.15) is 0 Å². The van der Waals surface area contributed by atoms with Crippen LogP contribution in [-0.4, -0.2) is 33.9 Å². The highest BCUT2D eigenvalue weighted by Gasteiger charge is 2.09. The zero-order valence-electron chi connectivity index (χ0n) is 11.6. The summed E-state index contributed by atoms with van der Waals surface area (Å²) in [4.78, 5) is 0. The molecule has 5 nitrogen and oxygen atoms in total. The van der Waals surface area contributed by atoms with Gasteiger partial charge in [-0.05, 0) is 24.6 Å². The van der Waals surface area contributed by atoms with Gasteiger partial charge in [0, 0.05) is 18.7 Å². The van der Waals surface area contributed by atoms with E-state index in [9.17, 15) is 8.42 Å². The van der Waals surface area contributed by atoms with Crippen LogP contribution in [0, 0.1) is 11.8 Å². The van der Waals surface area contributed by atoms with Gasteiger partial charge in [0.25, 0.3) is 0 Å². The van der Waals surface area contributed by atoms with Crippen LogP contribution in [0.1, 0.15) is 18.1 Å². The molecule has 110 valence electrons. The molecule has 0 radical (unpaired) electrons. The summed E-state index contributed by atoms with van der Waals surface area (Å²) in [7, 11) is -3.30. The Labute approximate surface area is 120 Å². The molecular weight excluding hydrogens is 276 g/mol. The fourth-order valence-corrected chi connectivity index (χ4v) is 2.31. The van der Waals surface area contributed by atoms with E-state index in [0.717, 1.165) is 11.1 Å². The Hall–Kier alpha value is -1.39. The molecule has 0 saturated heterocycles. The van der Waals surface area contributed by atoms with Crippen molar-refractivity contribution in [2.24, 2.45) is 5.73 Å². The number of hydrogen-bond acceptors (Lipinski definition) is 4. The second kappa shape index (κ2) is 8.72. The van der Waals surface area contributed by atoms with Crippen LogP contribution in [0.2, 0.25) is 0 Å². The first-order chi connectivity index (χ1) is 9.57. The summed E-state index contributed by atoms with van der Waals surface area (Å²) in [5.41, 5.74) is 7.03. The summed E-state index contributed by atoms with van der Waals surface area (Å²) < 4.78 is 30.9. The molecule has 0 amide bonds. The maximum atomic E-state index is 11.7. The fourth-order valence-electron chi connectivity index (χ4n) is 1.44. The van der Waals surface area contributed by atoms with Crippen molar-refractivity contribution in [2.75, 3.05) is 25.5 Å². The molecule has 0 aliphatic carbocycles. The van der Waals surface area contributed by atoms with E-state index in [2.05, 4.69) is 16.6 Å². The predicted molar refractivity (Wildman–Crippen MR) is 79.5 cm³/mol. The number of benzene rings is 1. The van der Waals surface area contributed by atoms with Crippen LogP contribution in [0.5, 0.6) is 0 Å². The number of sulfonamides is 1. The Morgan fingerprint density at radius 1 is 1.30 bits per heavy atom. The van der Waals surface area contributed by atoms with Gasteiger partial charge in [-0.15, -0.1) is 0 Å². The molecule has 20 heavy (non-hydrogen) atoms.